The number of piperidine rings is 1. The minimum atomic E-state index is 0.305. The average molecular weight is 281 g/mol. The van der Waals surface area contributed by atoms with Gasteiger partial charge in [0.25, 0.3) is 0 Å². The van der Waals surface area contributed by atoms with Crippen LogP contribution < -0.4 is 5.32 Å². The van der Waals surface area contributed by atoms with Gasteiger partial charge in [-0.15, -0.1) is 0 Å². The fraction of sp³-hybridized carbons (Fsp3) is 0.938. The number of hydrogen-bond donors (Lipinski definition) is 1. The SMILES string of the molecule is CCN1CCCC1CN(C)C(=O)CC1NCCCC1C. The van der Waals surface area contributed by atoms with E-state index in [-0.39, 0.29) is 0 Å². The third-order valence-corrected chi connectivity index (χ3v) is 5.14. The van der Waals surface area contributed by atoms with Crippen molar-refractivity contribution in [1.29, 1.82) is 0 Å². The van der Waals surface area contributed by atoms with Crippen molar-refractivity contribution in [2.75, 3.05) is 33.2 Å². The Morgan fingerprint density at radius 2 is 2.15 bits per heavy atom. The number of hydrogen-bond acceptors (Lipinski definition) is 3. The van der Waals surface area contributed by atoms with Crippen LogP contribution in [0.5, 0.6) is 0 Å². The van der Waals surface area contributed by atoms with E-state index in [1.54, 1.807) is 0 Å². The first-order valence-electron chi connectivity index (χ1n) is 8.33. The summed E-state index contributed by atoms with van der Waals surface area (Å²) in [6.07, 6.45) is 5.68. The number of carbonyl (C=O) groups excluding carboxylic acids is 1. The number of likely N-dealkylation sites (N-methyl/N-ethyl adjacent to an activating group) is 2. The Bertz CT molecular complexity index is 321. The molecule has 2 aliphatic heterocycles. The fourth-order valence-corrected chi connectivity index (χ4v) is 3.67. The number of nitrogens with zero attached hydrogens (tertiary/aromatic N) is 2. The van der Waals surface area contributed by atoms with Crippen LogP contribution in [0.2, 0.25) is 0 Å². The Balaban J connectivity index is 1.79. The van der Waals surface area contributed by atoms with Crippen molar-refractivity contribution < 1.29 is 4.79 Å². The molecule has 0 radical (unpaired) electrons. The van der Waals surface area contributed by atoms with Crippen LogP contribution in [-0.2, 0) is 4.79 Å². The highest BCUT2D eigenvalue weighted by Crippen LogP contribution is 2.20. The Morgan fingerprint density at radius 1 is 1.35 bits per heavy atom. The van der Waals surface area contributed by atoms with Crippen molar-refractivity contribution >= 4 is 5.91 Å². The van der Waals surface area contributed by atoms with E-state index in [0.29, 0.717) is 30.3 Å². The summed E-state index contributed by atoms with van der Waals surface area (Å²) in [6, 6.07) is 0.954. The second kappa shape index (κ2) is 7.41. The number of nitrogens with one attached hydrogen (secondary N) is 1. The minimum Gasteiger partial charge on any atom is -0.344 e. The highest BCUT2D eigenvalue weighted by atomic mass is 16.2. The van der Waals surface area contributed by atoms with E-state index in [0.717, 1.165) is 19.6 Å². The van der Waals surface area contributed by atoms with Crippen LogP contribution in [-0.4, -0.2) is 61.0 Å². The van der Waals surface area contributed by atoms with Gasteiger partial charge < -0.3 is 10.2 Å². The predicted molar refractivity (Wildman–Crippen MR) is 82.7 cm³/mol. The summed E-state index contributed by atoms with van der Waals surface area (Å²) < 4.78 is 0. The summed E-state index contributed by atoms with van der Waals surface area (Å²) in [5.74, 6) is 0.930. The summed E-state index contributed by atoms with van der Waals surface area (Å²) >= 11 is 0. The highest BCUT2D eigenvalue weighted by molar-refractivity contribution is 5.76. The highest BCUT2D eigenvalue weighted by Gasteiger charge is 2.28. The summed E-state index contributed by atoms with van der Waals surface area (Å²) in [4.78, 5) is 16.9. The molecule has 0 aromatic rings. The molecule has 3 atom stereocenters. The molecular formula is C16H31N3O. The molecule has 4 nitrogen and oxygen atoms in total. The smallest absolute Gasteiger partial charge is 0.223 e. The van der Waals surface area contributed by atoms with Crippen LogP contribution in [0.4, 0.5) is 0 Å². The van der Waals surface area contributed by atoms with Gasteiger partial charge in [-0.2, -0.15) is 0 Å². The number of carbonyl (C=O) groups is 1. The molecule has 0 aliphatic carbocycles. The van der Waals surface area contributed by atoms with Crippen LogP contribution >= 0.6 is 0 Å². The maximum absolute atomic E-state index is 12.4. The van der Waals surface area contributed by atoms with Crippen molar-refractivity contribution in [3.05, 3.63) is 0 Å². The molecule has 1 amide bonds. The summed E-state index contributed by atoms with van der Waals surface area (Å²) in [6.45, 7) is 8.75. The molecule has 0 aromatic heterocycles. The van der Waals surface area contributed by atoms with Crippen molar-refractivity contribution in [2.45, 2.75) is 58.0 Å². The van der Waals surface area contributed by atoms with E-state index in [1.165, 1.54) is 32.2 Å². The maximum Gasteiger partial charge on any atom is 0.223 e. The lowest BCUT2D eigenvalue weighted by molar-refractivity contribution is -0.131. The van der Waals surface area contributed by atoms with Gasteiger partial charge in [-0.1, -0.05) is 13.8 Å². The van der Waals surface area contributed by atoms with E-state index in [1.807, 2.05) is 11.9 Å². The molecule has 3 unspecified atom stereocenters. The van der Waals surface area contributed by atoms with E-state index < -0.39 is 0 Å². The lowest BCUT2D eigenvalue weighted by atomic mass is 9.90. The van der Waals surface area contributed by atoms with E-state index in [4.69, 9.17) is 0 Å². The molecule has 0 aromatic carbocycles. The molecule has 116 valence electrons. The zero-order valence-corrected chi connectivity index (χ0v) is 13.4. The first-order valence-corrected chi connectivity index (χ1v) is 8.33. The Kier molecular flexibility index (Phi) is 5.85. The van der Waals surface area contributed by atoms with E-state index >= 15 is 0 Å². The molecule has 2 heterocycles. The largest absolute Gasteiger partial charge is 0.344 e. The number of amides is 1. The maximum atomic E-state index is 12.4. The summed E-state index contributed by atoms with van der Waals surface area (Å²) in [7, 11) is 1.97. The van der Waals surface area contributed by atoms with Gasteiger partial charge in [-0.25, -0.2) is 0 Å². The van der Waals surface area contributed by atoms with Crippen LogP contribution in [0.1, 0.15) is 46.0 Å². The first kappa shape index (κ1) is 15.8. The molecule has 0 spiro atoms. The Morgan fingerprint density at radius 3 is 2.85 bits per heavy atom. The Labute approximate surface area is 123 Å². The first-order chi connectivity index (χ1) is 9.61. The standard InChI is InChI=1S/C16H31N3O/c1-4-19-10-6-8-14(19)12-18(3)16(20)11-15-13(2)7-5-9-17-15/h13-15,17H,4-12H2,1-3H3. The van der Waals surface area contributed by atoms with E-state index in [9.17, 15) is 4.79 Å². The lowest BCUT2D eigenvalue weighted by Crippen LogP contribution is -2.46. The van der Waals surface area contributed by atoms with Gasteiger partial charge in [0.05, 0.1) is 0 Å². The lowest BCUT2D eigenvalue weighted by Gasteiger charge is -2.32. The van der Waals surface area contributed by atoms with Gasteiger partial charge in [-0.05, 0) is 51.2 Å². The molecule has 0 saturated carbocycles. The van der Waals surface area contributed by atoms with Crippen molar-refractivity contribution in [3.63, 3.8) is 0 Å². The second-order valence-electron chi connectivity index (χ2n) is 6.58. The average Bonchev–Trinajstić information content (AvgIpc) is 2.88. The second-order valence-corrected chi connectivity index (χ2v) is 6.58. The topological polar surface area (TPSA) is 35.6 Å². The molecule has 4 heteroatoms. The fourth-order valence-electron chi connectivity index (χ4n) is 3.67. The monoisotopic (exact) mass is 281 g/mol. The zero-order valence-electron chi connectivity index (χ0n) is 13.4. The third-order valence-electron chi connectivity index (χ3n) is 5.14. The minimum absolute atomic E-state index is 0.305. The summed E-state index contributed by atoms with van der Waals surface area (Å²) in [5.41, 5.74) is 0. The molecule has 2 fully saturated rings. The van der Waals surface area contributed by atoms with Crippen LogP contribution in [0.25, 0.3) is 0 Å². The molecular weight excluding hydrogens is 250 g/mol. The molecule has 0 bridgehead atoms. The predicted octanol–water partition coefficient (Wildman–Crippen LogP) is 1.71. The van der Waals surface area contributed by atoms with Crippen molar-refractivity contribution in [1.82, 2.24) is 15.1 Å². The van der Waals surface area contributed by atoms with Crippen molar-refractivity contribution in [3.8, 4) is 0 Å². The summed E-state index contributed by atoms with van der Waals surface area (Å²) in [5, 5.41) is 3.51. The van der Waals surface area contributed by atoms with Gasteiger partial charge in [-0.3, -0.25) is 9.69 Å². The van der Waals surface area contributed by atoms with Gasteiger partial charge >= 0.3 is 0 Å². The van der Waals surface area contributed by atoms with Gasteiger partial charge in [0.15, 0.2) is 0 Å². The van der Waals surface area contributed by atoms with Gasteiger partial charge in [0.2, 0.25) is 5.91 Å². The Hall–Kier alpha value is -0.610. The number of rotatable bonds is 5. The van der Waals surface area contributed by atoms with Crippen LogP contribution in [0, 0.1) is 5.92 Å². The van der Waals surface area contributed by atoms with Crippen molar-refractivity contribution in [2.24, 2.45) is 5.92 Å². The quantitative estimate of drug-likeness (QED) is 0.833. The van der Waals surface area contributed by atoms with Gasteiger partial charge in [0.1, 0.15) is 0 Å². The molecule has 1 N–H and O–H groups in total. The zero-order chi connectivity index (χ0) is 14.5. The molecule has 20 heavy (non-hydrogen) atoms. The molecule has 2 aliphatic rings. The normalized spacial score (nSPS) is 31.4. The number of likely N-dealkylation sites (tertiary alicyclic amines) is 1. The van der Waals surface area contributed by atoms with E-state index in [2.05, 4.69) is 24.1 Å². The molecule has 2 saturated heterocycles. The van der Waals surface area contributed by atoms with Crippen LogP contribution in [0.15, 0.2) is 0 Å². The van der Waals surface area contributed by atoms with Crippen LogP contribution in [0.3, 0.4) is 0 Å². The van der Waals surface area contributed by atoms with Gasteiger partial charge in [0, 0.05) is 32.1 Å². The third kappa shape index (κ3) is 3.95. The molecule has 2 rings (SSSR count).